The van der Waals surface area contributed by atoms with Gasteiger partial charge in [0.05, 0.1) is 27.4 Å². The van der Waals surface area contributed by atoms with E-state index in [2.05, 4.69) is 0 Å². The minimum Gasteiger partial charge on any atom is -0.493 e. The minimum atomic E-state index is -0.389. The molecule has 0 bridgehead atoms. The molecule has 1 aliphatic rings. The lowest BCUT2D eigenvalue weighted by molar-refractivity contribution is -0.0153. The second-order valence-electron chi connectivity index (χ2n) is 3.53. The van der Waals surface area contributed by atoms with Gasteiger partial charge in [0.1, 0.15) is 4.87 Å². The van der Waals surface area contributed by atoms with Crippen molar-refractivity contribution < 1.29 is 14.2 Å². The molecule has 0 amide bonds. The van der Waals surface area contributed by atoms with E-state index >= 15 is 0 Å². The van der Waals surface area contributed by atoms with Crippen LogP contribution in [0.1, 0.15) is 5.56 Å². The Hall–Kier alpha value is -0.930. The van der Waals surface area contributed by atoms with E-state index in [1.807, 2.05) is 18.2 Å². The van der Waals surface area contributed by atoms with Gasteiger partial charge in [-0.2, -0.15) is 0 Å². The average molecular weight is 229 g/mol. The summed E-state index contributed by atoms with van der Waals surface area (Å²) in [6.07, 6.45) is 0. The number of ether oxygens (including phenoxy) is 3. The number of halogens is 1. The summed E-state index contributed by atoms with van der Waals surface area (Å²) in [5.41, 5.74) is 1.01. The molecular weight excluding hydrogens is 216 g/mol. The van der Waals surface area contributed by atoms with Gasteiger partial charge in [-0.15, -0.1) is 11.6 Å². The van der Waals surface area contributed by atoms with E-state index in [4.69, 9.17) is 25.8 Å². The van der Waals surface area contributed by atoms with Crippen LogP contribution in [0.5, 0.6) is 11.5 Å². The third kappa shape index (κ3) is 1.77. The van der Waals surface area contributed by atoms with E-state index in [9.17, 15) is 0 Å². The molecule has 0 unspecified atom stereocenters. The fraction of sp³-hybridized carbons (Fsp3) is 0.455. The lowest BCUT2D eigenvalue weighted by atomic mass is 9.96. The molecule has 0 radical (unpaired) electrons. The van der Waals surface area contributed by atoms with Gasteiger partial charge < -0.3 is 14.2 Å². The molecule has 1 saturated heterocycles. The smallest absolute Gasteiger partial charge is 0.161 e. The van der Waals surface area contributed by atoms with Crippen LogP contribution in [-0.2, 0) is 9.61 Å². The highest BCUT2D eigenvalue weighted by Crippen LogP contribution is 2.40. The highest BCUT2D eigenvalue weighted by atomic mass is 35.5. The summed E-state index contributed by atoms with van der Waals surface area (Å²) in [5.74, 6) is 1.41. The van der Waals surface area contributed by atoms with Crippen LogP contribution >= 0.6 is 11.6 Å². The predicted octanol–water partition coefficient (Wildman–Crippen LogP) is 2.17. The second kappa shape index (κ2) is 3.91. The zero-order chi connectivity index (χ0) is 10.9. The first-order valence-corrected chi connectivity index (χ1v) is 5.06. The molecule has 15 heavy (non-hydrogen) atoms. The first-order valence-electron chi connectivity index (χ1n) is 4.69. The molecule has 2 rings (SSSR count). The molecule has 0 saturated carbocycles. The number of benzene rings is 1. The molecule has 1 aliphatic heterocycles. The Labute approximate surface area is 93.9 Å². The van der Waals surface area contributed by atoms with Crippen LogP contribution in [0.2, 0.25) is 0 Å². The van der Waals surface area contributed by atoms with Crippen LogP contribution in [0.3, 0.4) is 0 Å². The lowest BCUT2D eigenvalue weighted by Gasteiger charge is -2.36. The van der Waals surface area contributed by atoms with Crippen molar-refractivity contribution in [3.63, 3.8) is 0 Å². The minimum absolute atomic E-state index is 0.389. The summed E-state index contributed by atoms with van der Waals surface area (Å²) in [4.78, 5) is -0.389. The average Bonchev–Trinajstić information content (AvgIpc) is 2.25. The maximum atomic E-state index is 6.34. The molecule has 1 fully saturated rings. The standard InChI is InChI=1S/C11H13ClO3/c1-13-9-4-3-8(5-10(9)14-2)11(12)6-15-7-11/h3-5H,6-7H2,1-2H3. The van der Waals surface area contributed by atoms with Crippen molar-refractivity contribution in [3.8, 4) is 11.5 Å². The molecule has 82 valence electrons. The van der Waals surface area contributed by atoms with Gasteiger partial charge in [-0.05, 0) is 17.7 Å². The SMILES string of the molecule is COc1ccc(C2(Cl)COC2)cc1OC. The largest absolute Gasteiger partial charge is 0.493 e. The molecule has 0 N–H and O–H groups in total. The molecule has 1 aromatic rings. The Morgan fingerprint density at radius 3 is 2.33 bits per heavy atom. The van der Waals surface area contributed by atoms with Crippen LogP contribution in [0.4, 0.5) is 0 Å². The molecule has 1 heterocycles. The Morgan fingerprint density at radius 1 is 1.20 bits per heavy atom. The van der Waals surface area contributed by atoms with E-state index in [1.165, 1.54) is 0 Å². The summed E-state index contributed by atoms with van der Waals surface area (Å²) in [6, 6.07) is 5.70. The van der Waals surface area contributed by atoms with Crippen molar-refractivity contribution in [2.45, 2.75) is 4.87 Å². The third-order valence-electron chi connectivity index (χ3n) is 2.56. The molecular formula is C11H13ClO3. The second-order valence-corrected chi connectivity index (χ2v) is 4.25. The quantitative estimate of drug-likeness (QED) is 0.743. The van der Waals surface area contributed by atoms with Crippen LogP contribution in [0.15, 0.2) is 18.2 Å². The third-order valence-corrected chi connectivity index (χ3v) is 3.00. The van der Waals surface area contributed by atoms with Crippen molar-refractivity contribution in [1.29, 1.82) is 0 Å². The van der Waals surface area contributed by atoms with E-state index in [1.54, 1.807) is 14.2 Å². The normalized spacial score (nSPS) is 18.1. The van der Waals surface area contributed by atoms with E-state index in [-0.39, 0.29) is 4.87 Å². The van der Waals surface area contributed by atoms with Crippen LogP contribution in [0, 0.1) is 0 Å². The van der Waals surface area contributed by atoms with Crippen molar-refractivity contribution in [2.75, 3.05) is 27.4 Å². The summed E-state index contributed by atoms with van der Waals surface area (Å²) < 4.78 is 15.5. The number of hydrogen-bond donors (Lipinski definition) is 0. The Balaban J connectivity index is 2.34. The summed E-state index contributed by atoms with van der Waals surface area (Å²) in [5, 5.41) is 0. The number of hydrogen-bond acceptors (Lipinski definition) is 3. The summed E-state index contributed by atoms with van der Waals surface area (Å²) in [7, 11) is 3.22. The van der Waals surface area contributed by atoms with Gasteiger partial charge in [0.15, 0.2) is 11.5 Å². The van der Waals surface area contributed by atoms with Gasteiger partial charge in [0.2, 0.25) is 0 Å². The van der Waals surface area contributed by atoms with Gasteiger partial charge >= 0.3 is 0 Å². The van der Waals surface area contributed by atoms with E-state index in [0.717, 1.165) is 5.56 Å². The van der Waals surface area contributed by atoms with Gasteiger partial charge in [0, 0.05) is 0 Å². The molecule has 0 spiro atoms. The number of rotatable bonds is 3. The van der Waals surface area contributed by atoms with Crippen LogP contribution in [0.25, 0.3) is 0 Å². The first-order chi connectivity index (χ1) is 7.19. The summed E-state index contributed by atoms with van der Waals surface area (Å²) in [6.45, 7) is 1.09. The Morgan fingerprint density at radius 2 is 1.87 bits per heavy atom. The Kier molecular flexibility index (Phi) is 2.76. The molecule has 0 atom stereocenters. The maximum absolute atomic E-state index is 6.34. The fourth-order valence-electron chi connectivity index (χ4n) is 1.56. The molecule has 3 nitrogen and oxygen atoms in total. The number of methoxy groups -OCH3 is 2. The van der Waals surface area contributed by atoms with Crippen molar-refractivity contribution in [1.82, 2.24) is 0 Å². The van der Waals surface area contributed by atoms with Crippen molar-refractivity contribution in [3.05, 3.63) is 23.8 Å². The molecule has 4 heteroatoms. The van der Waals surface area contributed by atoms with Gasteiger partial charge in [-0.25, -0.2) is 0 Å². The predicted molar refractivity (Wildman–Crippen MR) is 57.9 cm³/mol. The van der Waals surface area contributed by atoms with Crippen molar-refractivity contribution in [2.24, 2.45) is 0 Å². The van der Waals surface area contributed by atoms with Gasteiger partial charge in [-0.3, -0.25) is 0 Å². The lowest BCUT2D eigenvalue weighted by Crippen LogP contribution is -2.41. The van der Waals surface area contributed by atoms with Crippen molar-refractivity contribution >= 4 is 11.6 Å². The highest BCUT2D eigenvalue weighted by molar-refractivity contribution is 6.24. The summed E-state index contributed by atoms with van der Waals surface area (Å²) >= 11 is 6.34. The maximum Gasteiger partial charge on any atom is 0.161 e. The monoisotopic (exact) mass is 228 g/mol. The van der Waals surface area contributed by atoms with Gasteiger partial charge in [0.25, 0.3) is 0 Å². The zero-order valence-corrected chi connectivity index (χ0v) is 9.50. The van der Waals surface area contributed by atoms with Crippen LogP contribution in [-0.4, -0.2) is 27.4 Å². The highest BCUT2D eigenvalue weighted by Gasteiger charge is 2.38. The topological polar surface area (TPSA) is 27.7 Å². The molecule has 0 aromatic heterocycles. The first kappa shape index (κ1) is 10.6. The van der Waals surface area contributed by atoms with Gasteiger partial charge in [-0.1, -0.05) is 6.07 Å². The number of alkyl halides is 1. The fourth-order valence-corrected chi connectivity index (χ4v) is 1.83. The molecule has 1 aromatic carbocycles. The van der Waals surface area contributed by atoms with Crippen LogP contribution < -0.4 is 9.47 Å². The Bertz CT molecular complexity index is 361. The van der Waals surface area contributed by atoms with E-state index < -0.39 is 0 Å². The molecule has 0 aliphatic carbocycles. The zero-order valence-electron chi connectivity index (χ0n) is 8.75. The van der Waals surface area contributed by atoms with E-state index in [0.29, 0.717) is 24.7 Å².